The molecule has 0 aromatic heterocycles. The quantitative estimate of drug-likeness (QED) is 0.589. The van der Waals surface area contributed by atoms with Gasteiger partial charge in [0.1, 0.15) is 0 Å². The predicted molar refractivity (Wildman–Crippen MR) is 84.2 cm³/mol. The smallest absolute Gasteiger partial charge is 0.324 e. The minimum absolute atomic E-state index is 0.236. The van der Waals surface area contributed by atoms with E-state index < -0.39 is 26.8 Å². The molecule has 0 aromatic carbocycles. The number of hydrogen-bond donors (Lipinski definition) is 2. The van der Waals surface area contributed by atoms with Crippen molar-refractivity contribution < 1.29 is 28.0 Å². The second-order valence-corrected chi connectivity index (χ2v) is 9.35. The fourth-order valence-electron chi connectivity index (χ4n) is 1.69. The fourth-order valence-corrected chi connectivity index (χ4v) is 5.38. The Kier molecular flexibility index (Phi) is 8.35. The lowest BCUT2D eigenvalue weighted by Crippen LogP contribution is -2.26. The van der Waals surface area contributed by atoms with E-state index in [0.717, 1.165) is 0 Å². The molecule has 2 N–H and O–H groups in total. The largest absolute Gasteiger partial charge is 0.331 e. The molecule has 0 aliphatic carbocycles. The van der Waals surface area contributed by atoms with Crippen LogP contribution in [0.3, 0.4) is 0 Å². The van der Waals surface area contributed by atoms with Crippen LogP contribution < -0.4 is 0 Å². The van der Waals surface area contributed by atoms with E-state index in [9.17, 15) is 9.13 Å². The molecular weight excluding hydrogens is 314 g/mol. The molecule has 0 fully saturated rings. The molecule has 0 bridgehead atoms. The first-order chi connectivity index (χ1) is 9.32. The van der Waals surface area contributed by atoms with Gasteiger partial charge in [-0.25, -0.2) is 0 Å². The van der Waals surface area contributed by atoms with Gasteiger partial charge in [-0.1, -0.05) is 13.8 Å². The first-order valence-electron chi connectivity index (χ1n) is 7.03. The zero-order chi connectivity index (χ0) is 16.9. The maximum absolute atomic E-state index is 12.9. The van der Waals surface area contributed by atoms with E-state index in [-0.39, 0.29) is 18.4 Å². The number of hydrogen-bond acceptors (Lipinski definition) is 4. The van der Waals surface area contributed by atoms with E-state index in [1.54, 1.807) is 13.8 Å². The highest BCUT2D eigenvalue weighted by Crippen LogP contribution is 2.56. The summed E-state index contributed by atoms with van der Waals surface area (Å²) in [6.45, 7) is 14.6. The van der Waals surface area contributed by atoms with Crippen LogP contribution in [0.2, 0.25) is 0 Å². The molecule has 0 spiro atoms. The van der Waals surface area contributed by atoms with Gasteiger partial charge < -0.3 is 18.8 Å². The molecule has 0 amide bonds. The second-order valence-electron chi connectivity index (χ2n) is 5.74. The Balaban J connectivity index is 5.13. The monoisotopic (exact) mass is 342 g/mol. The van der Waals surface area contributed by atoms with Gasteiger partial charge in [-0.15, -0.1) is 0 Å². The summed E-state index contributed by atoms with van der Waals surface area (Å²) >= 11 is 0. The van der Waals surface area contributed by atoms with E-state index in [0.29, 0.717) is 12.8 Å². The lowest BCUT2D eigenvalue weighted by molar-refractivity contribution is 0.121. The lowest BCUT2D eigenvalue weighted by Gasteiger charge is -2.31. The summed E-state index contributed by atoms with van der Waals surface area (Å²) in [5.74, 6) is 0. The Bertz CT molecular complexity index is 387. The summed E-state index contributed by atoms with van der Waals surface area (Å²) < 4.78 is 35.0. The average molecular weight is 342 g/mol. The minimum Gasteiger partial charge on any atom is -0.324 e. The van der Waals surface area contributed by atoms with Crippen LogP contribution in [0.5, 0.6) is 0 Å². The molecule has 0 aliphatic heterocycles. The van der Waals surface area contributed by atoms with E-state index >= 15 is 0 Å². The van der Waals surface area contributed by atoms with Crippen LogP contribution >= 0.6 is 15.2 Å². The van der Waals surface area contributed by atoms with Crippen LogP contribution in [0.25, 0.3) is 0 Å². The van der Waals surface area contributed by atoms with E-state index in [4.69, 9.17) is 18.8 Å². The molecule has 0 heterocycles. The third-order valence-electron chi connectivity index (χ3n) is 2.90. The van der Waals surface area contributed by atoms with Crippen molar-refractivity contribution in [1.29, 1.82) is 0 Å². The maximum atomic E-state index is 12.9. The molecule has 8 heteroatoms. The van der Waals surface area contributed by atoms with Gasteiger partial charge in [0.05, 0.1) is 24.5 Å². The van der Waals surface area contributed by atoms with Crippen LogP contribution in [0, 0.1) is 19.3 Å². The van der Waals surface area contributed by atoms with Gasteiger partial charge in [0, 0.05) is 0 Å². The van der Waals surface area contributed by atoms with E-state index in [2.05, 4.69) is 13.8 Å². The van der Waals surface area contributed by atoms with E-state index in [1.807, 2.05) is 13.8 Å². The van der Waals surface area contributed by atoms with Crippen molar-refractivity contribution in [2.75, 3.05) is 12.3 Å². The van der Waals surface area contributed by atoms with Crippen molar-refractivity contribution in [1.82, 2.24) is 0 Å². The summed E-state index contributed by atoms with van der Waals surface area (Å²) in [5, 5.41) is 0. The van der Waals surface area contributed by atoms with Crippen LogP contribution in [0.4, 0.5) is 0 Å². The van der Waals surface area contributed by atoms with Crippen molar-refractivity contribution in [3.63, 3.8) is 0 Å². The van der Waals surface area contributed by atoms with Crippen LogP contribution in [0.1, 0.15) is 40.5 Å². The van der Waals surface area contributed by atoms with Crippen molar-refractivity contribution in [3.8, 4) is 0 Å². The summed E-state index contributed by atoms with van der Waals surface area (Å²) in [7, 11) is -7.85. The van der Waals surface area contributed by atoms with Crippen LogP contribution in [-0.4, -0.2) is 34.3 Å². The van der Waals surface area contributed by atoms with Gasteiger partial charge in [0.15, 0.2) is 0 Å². The van der Waals surface area contributed by atoms with Crippen molar-refractivity contribution in [2.24, 2.45) is 5.41 Å². The predicted octanol–water partition coefficient (Wildman–Crippen LogP) is 3.64. The Labute approximate surface area is 128 Å². The molecule has 2 radical (unpaired) electrons. The Morgan fingerprint density at radius 3 is 1.67 bits per heavy atom. The van der Waals surface area contributed by atoms with Gasteiger partial charge in [-0.2, -0.15) is 0 Å². The summed E-state index contributed by atoms with van der Waals surface area (Å²) in [5.41, 5.74) is -1.34. The summed E-state index contributed by atoms with van der Waals surface area (Å²) in [6, 6.07) is 0. The molecule has 2 unspecified atom stereocenters. The van der Waals surface area contributed by atoms with Crippen molar-refractivity contribution >= 4 is 15.2 Å². The Hall–Kier alpha value is 0.300. The first kappa shape index (κ1) is 21.3. The molecule has 6 nitrogen and oxygen atoms in total. The zero-order valence-corrected chi connectivity index (χ0v) is 15.1. The maximum Gasteiger partial charge on any atom is 0.331 e. The third-order valence-corrected chi connectivity index (χ3v) is 6.40. The summed E-state index contributed by atoms with van der Waals surface area (Å²) in [6.07, 6.45) is -0.0878. The molecular formula is C13H28O6P2. The topological polar surface area (TPSA) is 93.1 Å². The normalized spacial score (nSPS) is 19.0. The standard InChI is InChI=1S/C13H28O6P2/c1-7-11(3)18-21(17,19-12(4)8-2)10-13(5,6)9-20(14,15)16/h11-12H,5-10H2,1-4H3,(H2,14,15,16). The highest BCUT2D eigenvalue weighted by Gasteiger charge is 2.39. The van der Waals surface area contributed by atoms with Crippen LogP contribution in [-0.2, 0) is 18.2 Å². The summed E-state index contributed by atoms with van der Waals surface area (Å²) in [4.78, 5) is 18.1. The van der Waals surface area contributed by atoms with Crippen LogP contribution in [0.15, 0.2) is 0 Å². The molecule has 0 saturated heterocycles. The van der Waals surface area contributed by atoms with Gasteiger partial charge in [-0.3, -0.25) is 9.13 Å². The second kappa shape index (κ2) is 8.24. The SMILES string of the molecule is [CH2]C([CH2])(CP(=O)(O)O)CP(=O)(OC(C)CC)OC(C)CC. The Morgan fingerprint density at radius 1 is 1.00 bits per heavy atom. The zero-order valence-electron chi connectivity index (χ0n) is 13.3. The molecule has 126 valence electrons. The molecule has 0 rings (SSSR count). The Morgan fingerprint density at radius 2 is 1.38 bits per heavy atom. The van der Waals surface area contributed by atoms with Gasteiger partial charge in [0.25, 0.3) is 0 Å². The van der Waals surface area contributed by atoms with Gasteiger partial charge in [0.2, 0.25) is 0 Å². The third kappa shape index (κ3) is 9.83. The molecule has 21 heavy (non-hydrogen) atoms. The molecule has 0 aromatic rings. The minimum atomic E-state index is -4.31. The van der Waals surface area contributed by atoms with Gasteiger partial charge in [-0.05, 0) is 46.0 Å². The number of rotatable bonds is 10. The lowest BCUT2D eigenvalue weighted by atomic mass is 10.0. The molecule has 0 aliphatic rings. The van der Waals surface area contributed by atoms with Gasteiger partial charge >= 0.3 is 15.2 Å². The highest BCUT2D eigenvalue weighted by atomic mass is 31.2. The molecule has 2 atom stereocenters. The first-order valence-corrected chi connectivity index (χ1v) is 10.6. The molecule has 0 saturated carbocycles. The van der Waals surface area contributed by atoms with E-state index in [1.165, 1.54) is 0 Å². The average Bonchev–Trinajstić information content (AvgIpc) is 2.23. The van der Waals surface area contributed by atoms with Crippen molar-refractivity contribution in [3.05, 3.63) is 13.8 Å². The van der Waals surface area contributed by atoms with Crippen molar-refractivity contribution in [2.45, 2.75) is 52.7 Å². The highest BCUT2D eigenvalue weighted by molar-refractivity contribution is 7.54. The fraction of sp³-hybridized carbons (Fsp3) is 0.846.